The lowest BCUT2D eigenvalue weighted by molar-refractivity contribution is -0.183. The van der Waals surface area contributed by atoms with E-state index in [9.17, 15) is 4.79 Å². The van der Waals surface area contributed by atoms with Crippen LogP contribution < -0.4 is 0 Å². The van der Waals surface area contributed by atoms with Crippen LogP contribution >= 0.6 is 0 Å². The smallest absolute Gasteiger partial charge is 0.312 e. The van der Waals surface area contributed by atoms with E-state index in [-0.39, 0.29) is 18.0 Å². The van der Waals surface area contributed by atoms with Gasteiger partial charge in [0.05, 0.1) is 5.92 Å². The maximum atomic E-state index is 10.5. The maximum Gasteiger partial charge on any atom is 0.312 e. The van der Waals surface area contributed by atoms with E-state index < -0.39 is 0 Å². The van der Waals surface area contributed by atoms with Crippen LogP contribution in [0.15, 0.2) is 0 Å². The van der Waals surface area contributed by atoms with Gasteiger partial charge in [-0.25, -0.2) is 0 Å². The fourth-order valence-electron chi connectivity index (χ4n) is 1.03. The molecule has 1 aliphatic rings. The van der Waals surface area contributed by atoms with Gasteiger partial charge < -0.3 is 4.74 Å². The highest BCUT2D eigenvalue weighted by Gasteiger charge is 2.37. The number of ether oxygens (including phenoxy) is 1. The van der Waals surface area contributed by atoms with Gasteiger partial charge in [-0.05, 0) is 13.3 Å². The van der Waals surface area contributed by atoms with E-state index in [1.165, 1.54) is 0 Å². The molecule has 0 radical (unpaired) electrons. The van der Waals surface area contributed by atoms with Crippen LogP contribution in [0.3, 0.4) is 0 Å². The molecule has 1 rings (SSSR count). The molecule has 1 saturated heterocycles. The summed E-state index contributed by atoms with van der Waals surface area (Å²) < 4.78 is 4.85. The van der Waals surface area contributed by atoms with Gasteiger partial charge in [0.15, 0.2) is 0 Å². The van der Waals surface area contributed by atoms with Gasteiger partial charge >= 0.3 is 5.97 Å². The van der Waals surface area contributed by atoms with E-state index in [0.717, 1.165) is 12.8 Å². The second-order valence-corrected chi connectivity index (χ2v) is 2.55. The Balaban J connectivity index is 2.25. The van der Waals surface area contributed by atoms with Gasteiger partial charge in [-0.2, -0.15) is 0 Å². The van der Waals surface area contributed by atoms with E-state index in [2.05, 4.69) is 6.92 Å². The van der Waals surface area contributed by atoms with Crippen LogP contribution in [-0.2, 0) is 9.53 Å². The van der Waals surface area contributed by atoms with Gasteiger partial charge in [0.1, 0.15) is 6.10 Å². The van der Waals surface area contributed by atoms with Crippen molar-refractivity contribution in [2.24, 2.45) is 5.92 Å². The molecule has 0 aromatic rings. The summed E-state index contributed by atoms with van der Waals surface area (Å²) in [6.07, 6.45) is 2.34. The van der Waals surface area contributed by atoms with Crippen molar-refractivity contribution in [2.75, 3.05) is 0 Å². The van der Waals surface area contributed by atoms with Crippen molar-refractivity contribution in [3.05, 3.63) is 0 Å². The minimum atomic E-state index is -0.0338. The number of carbonyl (C=O) groups excluding carboxylic acids is 1. The van der Waals surface area contributed by atoms with Gasteiger partial charge in [0, 0.05) is 0 Å². The van der Waals surface area contributed by atoms with Gasteiger partial charge in [-0.1, -0.05) is 13.3 Å². The van der Waals surface area contributed by atoms with E-state index in [1.54, 1.807) is 0 Å². The Morgan fingerprint density at radius 1 is 1.67 bits per heavy atom. The highest BCUT2D eigenvalue weighted by atomic mass is 16.6. The fourth-order valence-corrected chi connectivity index (χ4v) is 1.03. The molecular weight excluding hydrogens is 116 g/mol. The fraction of sp³-hybridized carbons (Fsp3) is 0.857. The summed E-state index contributed by atoms with van der Waals surface area (Å²) in [4.78, 5) is 10.5. The van der Waals surface area contributed by atoms with Gasteiger partial charge in [-0.3, -0.25) is 4.79 Å². The molecule has 0 bridgehead atoms. The third-order valence-corrected chi connectivity index (χ3v) is 1.77. The maximum absolute atomic E-state index is 10.5. The quantitative estimate of drug-likeness (QED) is 0.525. The predicted octanol–water partition coefficient (Wildman–Crippen LogP) is 1.35. The zero-order valence-electron chi connectivity index (χ0n) is 5.89. The first-order valence-electron chi connectivity index (χ1n) is 3.46. The zero-order chi connectivity index (χ0) is 6.85. The Labute approximate surface area is 55.2 Å². The first-order valence-corrected chi connectivity index (χ1v) is 3.46. The van der Waals surface area contributed by atoms with Crippen molar-refractivity contribution in [1.29, 1.82) is 0 Å². The Morgan fingerprint density at radius 2 is 2.33 bits per heavy atom. The van der Waals surface area contributed by atoms with Crippen LogP contribution in [-0.4, -0.2) is 12.1 Å². The Morgan fingerprint density at radius 3 is 2.67 bits per heavy atom. The van der Waals surface area contributed by atoms with Crippen molar-refractivity contribution >= 4 is 5.97 Å². The molecule has 1 aliphatic heterocycles. The topological polar surface area (TPSA) is 26.3 Å². The lowest BCUT2D eigenvalue weighted by Crippen LogP contribution is -2.42. The van der Waals surface area contributed by atoms with Crippen molar-refractivity contribution in [2.45, 2.75) is 32.8 Å². The van der Waals surface area contributed by atoms with E-state index >= 15 is 0 Å². The van der Waals surface area contributed by atoms with Crippen LogP contribution in [0.1, 0.15) is 26.7 Å². The Bertz CT molecular complexity index is 120. The van der Waals surface area contributed by atoms with Gasteiger partial charge in [0.2, 0.25) is 0 Å². The molecule has 0 saturated carbocycles. The molecule has 0 amide bonds. The SMILES string of the molecule is CCCC1OC(=O)C1C. The van der Waals surface area contributed by atoms with Gasteiger partial charge in [-0.15, -0.1) is 0 Å². The molecule has 2 atom stereocenters. The highest BCUT2D eigenvalue weighted by molar-refractivity contribution is 5.77. The summed E-state index contributed by atoms with van der Waals surface area (Å²) in [6.45, 7) is 4.02. The third-order valence-electron chi connectivity index (χ3n) is 1.77. The molecule has 9 heavy (non-hydrogen) atoms. The molecule has 0 aliphatic carbocycles. The largest absolute Gasteiger partial charge is 0.461 e. The summed E-state index contributed by atoms with van der Waals surface area (Å²) in [5.41, 5.74) is 0. The number of hydrogen-bond acceptors (Lipinski definition) is 2. The lowest BCUT2D eigenvalue weighted by atomic mass is 9.96. The standard InChI is InChI=1S/C7H12O2/c1-3-4-6-5(2)7(8)9-6/h5-6H,3-4H2,1-2H3. The first-order chi connectivity index (χ1) is 4.25. The Hall–Kier alpha value is -0.530. The first kappa shape index (κ1) is 6.59. The minimum absolute atomic E-state index is 0.0338. The van der Waals surface area contributed by atoms with Crippen molar-refractivity contribution in [1.82, 2.24) is 0 Å². The summed E-state index contributed by atoms with van der Waals surface area (Å²) in [5, 5.41) is 0. The number of hydrogen-bond donors (Lipinski definition) is 0. The normalized spacial score (nSPS) is 33.3. The second-order valence-electron chi connectivity index (χ2n) is 2.55. The zero-order valence-corrected chi connectivity index (χ0v) is 5.89. The second kappa shape index (κ2) is 2.38. The number of cyclic esters (lactones) is 1. The summed E-state index contributed by atoms with van der Waals surface area (Å²) in [7, 11) is 0. The van der Waals surface area contributed by atoms with Crippen LogP contribution in [0.4, 0.5) is 0 Å². The van der Waals surface area contributed by atoms with E-state index in [1.807, 2.05) is 6.92 Å². The van der Waals surface area contributed by atoms with E-state index in [4.69, 9.17) is 4.74 Å². The van der Waals surface area contributed by atoms with Crippen molar-refractivity contribution in [3.63, 3.8) is 0 Å². The molecule has 2 unspecified atom stereocenters. The molecule has 1 fully saturated rings. The molecule has 2 nitrogen and oxygen atoms in total. The monoisotopic (exact) mass is 128 g/mol. The highest BCUT2D eigenvalue weighted by Crippen LogP contribution is 2.24. The van der Waals surface area contributed by atoms with Crippen molar-refractivity contribution in [3.8, 4) is 0 Å². The number of esters is 1. The summed E-state index contributed by atoms with van der Waals surface area (Å²) in [5.74, 6) is 0.124. The predicted molar refractivity (Wildman–Crippen MR) is 34.0 cm³/mol. The Kier molecular flexibility index (Phi) is 1.74. The molecule has 0 aromatic heterocycles. The van der Waals surface area contributed by atoms with E-state index in [0.29, 0.717) is 0 Å². The average Bonchev–Trinajstić information content (AvgIpc) is 1.88. The summed E-state index contributed by atoms with van der Waals surface area (Å²) in [6, 6.07) is 0. The van der Waals surface area contributed by atoms with Crippen LogP contribution in [0, 0.1) is 5.92 Å². The van der Waals surface area contributed by atoms with Crippen LogP contribution in [0.2, 0.25) is 0 Å². The summed E-state index contributed by atoms with van der Waals surface area (Å²) >= 11 is 0. The molecule has 0 spiro atoms. The molecule has 2 heteroatoms. The number of carbonyl (C=O) groups is 1. The van der Waals surface area contributed by atoms with Crippen molar-refractivity contribution < 1.29 is 9.53 Å². The third kappa shape index (κ3) is 1.07. The molecule has 0 aromatic carbocycles. The van der Waals surface area contributed by atoms with Gasteiger partial charge in [0.25, 0.3) is 0 Å². The molecule has 1 heterocycles. The molecule has 0 N–H and O–H groups in total. The molecule has 52 valence electrons. The average molecular weight is 128 g/mol. The lowest BCUT2D eigenvalue weighted by Gasteiger charge is -2.32. The van der Waals surface area contributed by atoms with Crippen LogP contribution in [0.25, 0.3) is 0 Å². The molecular formula is C7H12O2. The minimum Gasteiger partial charge on any atom is -0.461 e. The number of rotatable bonds is 2. The van der Waals surface area contributed by atoms with Crippen LogP contribution in [0.5, 0.6) is 0 Å².